The maximum Gasteiger partial charge on any atom is 0.184 e. The number of hydrogen-bond acceptors (Lipinski definition) is 7. The lowest BCUT2D eigenvalue weighted by Gasteiger charge is -2.26. The summed E-state index contributed by atoms with van der Waals surface area (Å²) in [7, 11) is -3.68. The highest BCUT2D eigenvalue weighted by Gasteiger charge is 2.37. The van der Waals surface area contributed by atoms with Crippen LogP contribution in [0.15, 0.2) is 53.6 Å². The number of nitrogens with zero attached hydrogens (tertiary/aromatic N) is 5. The fourth-order valence-electron chi connectivity index (χ4n) is 5.56. The zero-order valence-electron chi connectivity index (χ0n) is 20.6. The van der Waals surface area contributed by atoms with E-state index in [4.69, 9.17) is 26.2 Å². The SMILES string of the molecule is O=S1(=O)Cc2c(-c3ncc4n3CCOC4)nn(-c3ccc(CN4CCOCC4)cc3)c2-c2cccc(Cl)c21. The molecule has 4 aromatic rings. The Labute approximate surface area is 225 Å². The van der Waals surface area contributed by atoms with Gasteiger partial charge in [0, 0.05) is 37.3 Å². The van der Waals surface area contributed by atoms with E-state index in [0.29, 0.717) is 42.4 Å². The molecule has 0 spiro atoms. The number of sulfone groups is 1. The minimum atomic E-state index is -3.68. The summed E-state index contributed by atoms with van der Waals surface area (Å²) in [4.78, 5) is 7.19. The maximum atomic E-state index is 13.5. The van der Waals surface area contributed by atoms with Crippen molar-refractivity contribution in [3.05, 3.63) is 70.5 Å². The van der Waals surface area contributed by atoms with E-state index in [1.807, 2.05) is 16.8 Å². The first kappa shape index (κ1) is 24.1. The number of rotatable bonds is 4. The molecule has 11 heteroatoms. The predicted molar refractivity (Wildman–Crippen MR) is 142 cm³/mol. The Hall–Kier alpha value is -3.02. The van der Waals surface area contributed by atoms with Crippen LogP contribution in [0.5, 0.6) is 0 Å². The van der Waals surface area contributed by atoms with Crippen LogP contribution in [0.4, 0.5) is 0 Å². The van der Waals surface area contributed by atoms with Crippen LogP contribution >= 0.6 is 11.6 Å². The molecule has 0 bridgehead atoms. The largest absolute Gasteiger partial charge is 0.379 e. The molecule has 0 aliphatic carbocycles. The smallest absolute Gasteiger partial charge is 0.184 e. The van der Waals surface area contributed by atoms with E-state index in [-0.39, 0.29) is 15.7 Å². The number of aromatic nitrogens is 4. The molecular formula is C27H26ClN5O4S. The molecule has 7 rings (SSSR count). The van der Waals surface area contributed by atoms with E-state index < -0.39 is 9.84 Å². The highest BCUT2D eigenvalue weighted by atomic mass is 35.5. The van der Waals surface area contributed by atoms with E-state index in [2.05, 4.69) is 26.6 Å². The second-order valence-electron chi connectivity index (χ2n) is 9.80. The molecular weight excluding hydrogens is 526 g/mol. The Morgan fingerprint density at radius 2 is 1.76 bits per heavy atom. The zero-order valence-corrected chi connectivity index (χ0v) is 22.2. The van der Waals surface area contributed by atoms with Gasteiger partial charge >= 0.3 is 0 Å². The summed E-state index contributed by atoms with van der Waals surface area (Å²) in [6.45, 7) is 5.89. The molecule has 3 aliphatic heterocycles. The fraction of sp³-hybridized carbons (Fsp3) is 0.333. The van der Waals surface area contributed by atoms with Gasteiger partial charge in [0.2, 0.25) is 0 Å². The van der Waals surface area contributed by atoms with Crippen molar-refractivity contribution in [1.82, 2.24) is 24.2 Å². The molecule has 0 radical (unpaired) electrons. The average molecular weight is 552 g/mol. The number of ether oxygens (including phenoxy) is 2. The quantitative estimate of drug-likeness (QED) is 0.382. The van der Waals surface area contributed by atoms with Crippen molar-refractivity contribution in [1.29, 1.82) is 0 Å². The third kappa shape index (κ3) is 3.99. The Bertz CT molecular complexity index is 1640. The summed E-state index contributed by atoms with van der Waals surface area (Å²) in [6, 6.07) is 13.5. The maximum absolute atomic E-state index is 13.5. The highest BCUT2D eigenvalue weighted by Crippen LogP contribution is 2.45. The Morgan fingerprint density at radius 3 is 2.58 bits per heavy atom. The van der Waals surface area contributed by atoms with Gasteiger partial charge in [-0.15, -0.1) is 0 Å². The lowest BCUT2D eigenvalue weighted by Crippen LogP contribution is -2.35. The van der Waals surface area contributed by atoms with Crippen LogP contribution < -0.4 is 0 Å². The van der Waals surface area contributed by atoms with Gasteiger partial charge in [-0.3, -0.25) is 4.90 Å². The van der Waals surface area contributed by atoms with Gasteiger partial charge in [-0.1, -0.05) is 35.9 Å². The standard InChI is InChI=1S/C27H26ClN5O4S/c28-23-3-1-2-21-25-22(17-38(34,35)26(21)23)24(27-29-14-20-16-37-13-10-32(20)27)30-33(25)19-6-4-18(5-7-19)15-31-8-11-36-12-9-31/h1-7,14H,8-13,15-17H2. The number of hydrogen-bond donors (Lipinski definition) is 0. The van der Waals surface area contributed by atoms with Crippen LogP contribution in [-0.4, -0.2) is 65.6 Å². The lowest BCUT2D eigenvalue weighted by molar-refractivity contribution is 0.0342. The predicted octanol–water partition coefficient (Wildman–Crippen LogP) is 3.71. The first-order valence-corrected chi connectivity index (χ1v) is 14.7. The topological polar surface area (TPSA) is 91.5 Å². The molecule has 0 saturated carbocycles. The van der Waals surface area contributed by atoms with Gasteiger partial charge in [-0.25, -0.2) is 18.1 Å². The molecule has 2 aromatic carbocycles. The summed E-state index contributed by atoms with van der Waals surface area (Å²) in [5.74, 6) is 0.463. The summed E-state index contributed by atoms with van der Waals surface area (Å²) in [5, 5.41) is 5.23. The van der Waals surface area contributed by atoms with Gasteiger partial charge in [-0.05, 0) is 23.8 Å². The first-order valence-electron chi connectivity index (χ1n) is 12.6. The van der Waals surface area contributed by atoms with Gasteiger partial charge < -0.3 is 14.0 Å². The van der Waals surface area contributed by atoms with Crippen LogP contribution in [0.2, 0.25) is 5.02 Å². The Balaban J connectivity index is 1.38. The Kier molecular flexibility index (Phi) is 5.90. The average Bonchev–Trinajstić information content (AvgIpc) is 3.51. The second-order valence-corrected chi connectivity index (χ2v) is 12.1. The van der Waals surface area contributed by atoms with E-state index in [0.717, 1.165) is 49.9 Å². The van der Waals surface area contributed by atoms with Gasteiger partial charge in [0.1, 0.15) is 5.69 Å². The van der Waals surface area contributed by atoms with Crippen molar-refractivity contribution >= 4 is 21.4 Å². The fourth-order valence-corrected chi connectivity index (χ4v) is 7.75. The van der Waals surface area contributed by atoms with Gasteiger partial charge in [0.15, 0.2) is 15.7 Å². The van der Waals surface area contributed by atoms with Gasteiger partial charge in [0.25, 0.3) is 0 Å². The zero-order chi connectivity index (χ0) is 25.9. The molecule has 2 aromatic heterocycles. The number of morpholine rings is 1. The third-order valence-corrected chi connectivity index (χ3v) is 9.56. The number of halogens is 1. The van der Waals surface area contributed by atoms with Crippen molar-refractivity contribution < 1.29 is 17.9 Å². The van der Waals surface area contributed by atoms with Crippen LogP contribution in [0, 0.1) is 0 Å². The number of fused-ring (bicyclic) bond motifs is 4. The van der Waals surface area contributed by atoms with Gasteiger partial charge in [0.05, 0.1) is 65.4 Å². The minimum Gasteiger partial charge on any atom is -0.379 e. The summed E-state index contributed by atoms with van der Waals surface area (Å²) in [5.41, 5.74) is 5.49. The Morgan fingerprint density at radius 1 is 0.974 bits per heavy atom. The van der Waals surface area contributed by atoms with Crippen molar-refractivity contribution in [2.24, 2.45) is 0 Å². The molecule has 1 fully saturated rings. The molecule has 0 atom stereocenters. The van der Waals surface area contributed by atoms with Crippen molar-refractivity contribution in [3.63, 3.8) is 0 Å². The van der Waals surface area contributed by atoms with Crippen LogP contribution in [0.1, 0.15) is 16.8 Å². The molecule has 0 N–H and O–H groups in total. The van der Waals surface area contributed by atoms with E-state index in [9.17, 15) is 8.42 Å². The van der Waals surface area contributed by atoms with E-state index in [1.165, 1.54) is 5.56 Å². The van der Waals surface area contributed by atoms with Crippen LogP contribution in [0.3, 0.4) is 0 Å². The first-order chi connectivity index (χ1) is 18.5. The van der Waals surface area contributed by atoms with Crippen molar-refractivity contribution in [3.8, 4) is 28.5 Å². The van der Waals surface area contributed by atoms with Gasteiger partial charge in [-0.2, -0.15) is 5.10 Å². The molecule has 38 heavy (non-hydrogen) atoms. The molecule has 0 unspecified atom stereocenters. The molecule has 0 amide bonds. The highest BCUT2D eigenvalue weighted by molar-refractivity contribution is 7.91. The molecule has 3 aliphatic rings. The van der Waals surface area contributed by atoms with E-state index in [1.54, 1.807) is 24.4 Å². The third-order valence-electron chi connectivity index (χ3n) is 7.40. The number of benzene rings is 2. The normalized spacial score (nSPS) is 18.6. The monoisotopic (exact) mass is 551 g/mol. The lowest BCUT2D eigenvalue weighted by atomic mass is 10.0. The van der Waals surface area contributed by atoms with Crippen molar-refractivity contribution in [2.75, 3.05) is 32.9 Å². The number of imidazole rings is 1. The van der Waals surface area contributed by atoms with Crippen LogP contribution in [-0.2, 0) is 44.8 Å². The van der Waals surface area contributed by atoms with Crippen LogP contribution in [0.25, 0.3) is 28.5 Å². The second kappa shape index (κ2) is 9.32. The molecule has 1 saturated heterocycles. The summed E-state index contributed by atoms with van der Waals surface area (Å²) < 4.78 is 41.9. The van der Waals surface area contributed by atoms with E-state index >= 15 is 0 Å². The minimum absolute atomic E-state index is 0.157. The molecule has 196 valence electrons. The summed E-state index contributed by atoms with van der Waals surface area (Å²) >= 11 is 6.45. The van der Waals surface area contributed by atoms with Crippen molar-refractivity contribution in [2.45, 2.75) is 30.3 Å². The molecule has 9 nitrogen and oxygen atoms in total. The molecule has 5 heterocycles. The summed E-state index contributed by atoms with van der Waals surface area (Å²) in [6.07, 6.45) is 1.78.